The van der Waals surface area contributed by atoms with E-state index in [4.69, 9.17) is 0 Å². The zero-order valence-corrected chi connectivity index (χ0v) is 13.8. The lowest BCUT2D eigenvalue weighted by Crippen LogP contribution is -2.34. The van der Waals surface area contributed by atoms with Gasteiger partial charge < -0.3 is 4.90 Å². The van der Waals surface area contributed by atoms with Crippen molar-refractivity contribution in [2.24, 2.45) is 0 Å². The van der Waals surface area contributed by atoms with Gasteiger partial charge in [0.15, 0.2) is 0 Å². The highest BCUT2D eigenvalue weighted by Gasteiger charge is 2.31. The maximum atomic E-state index is 12.7. The van der Waals surface area contributed by atoms with Crippen molar-refractivity contribution in [3.63, 3.8) is 0 Å². The largest absolute Gasteiger partial charge is 0.389 e. The van der Waals surface area contributed by atoms with E-state index in [1.165, 1.54) is 0 Å². The number of aryl methyl sites for hydroxylation is 1. The Morgan fingerprint density at radius 1 is 1.12 bits per heavy atom. The fraction of sp³-hybridized carbons (Fsp3) is 0.300. The van der Waals surface area contributed by atoms with Crippen LogP contribution in [-0.2, 0) is 0 Å². The van der Waals surface area contributed by atoms with Crippen LogP contribution in [0.1, 0.15) is 24.0 Å². The van der Waals surface area contributed by atoms with Crippen LogP contribution in [-0.4, -0.2) is 24.2 Å². The summed E-state index contributed by atoms with van der Waals surface area (Å²) in [6, 6.07) is 7.96. The van der Waals surface area contributed by atoms with E-state index in [1.54, 1.807) is 0 Å². The predicted octanol–water partition coefficient (Wildman–Crippen LogP) is 5.42. The van der Waals surface area contributed by atoms with Crippen LogP contribution in [0.15, 0.2) is 65.8 Å². The van der Waals surface area contributed by atoms with E-state index in [-0.39, 0.29) is 12.5 Å². The van der Waals surface area contributed by atoms with E-state index in [0.29, 0.717) is 0 Å². The lowest BCUT2D eigenvalue weighted by Gasteiger charge is -2.37. The Balaban J connectivity index is 2.04. The molecule has 0 amide bonds. The van der Waals surface area contributed by atoms with Gasteiger partial charge in [-0.3, -0.25) is 0 Å². The Morgan fingerprint density at radius 3 is 2.58 bits per heavy atom. The second-order valence-corrected chi connectivity index (χ2v) is 6.24. The average Bonchev–Trinajstić information content (AvgIpc) is 2.54. The van der Waals surface area contributed by atoms with E-state index in [9.17, 15) is 13.2 Å². The van der Waals surface area contributed by atoms with Crippen molar-refractivity contribution in [2.45, 2.75) is 32.0 Å². The topological polar surface area (TPSA) is 3.24 Å². The van der Waals surface area contributed by atoms with Crippen LogP contribution in [0.3, 0.4) is 0 Å². The van der Waals surface area contributed by atoms with Gasteiger partial charge >= 0.3 is 6.18 Å². The zero-order valence-electron chi connectivity index (χ0n) is 13.8. The van der Waals surface area contributed by atoms with Crippen molar-refractivity contribution < 1.29 is 13.2 Å². The van der Waals surface area contributed by atoms with E-state index >= 15 is 0 Å². The number of rotatable bonds is 3. The number of allylic oxidation sites excluding steroid dienone is 4. The molecule has 1 aliphatic carbocycles. The van der Waals surface area contributed by atoms with Gasteiger partial charge in [0, 0.05) is 24.7 Å². The Bertz CT molecular complexity index is 750. The minimum Gasteiger partial charge on any atom is -0.364 e. The minimum absolute atomic E-state index is 0.0106. The average molecular weight is 331 g/mol. The second-order valence-electron chi connectivity index (χ2n) is 6.24. The summed E-state index contributed by atoms with van der Waals surface area (Å²) in [7, 11) is 1.99. The summed E-state index contributed by atoms with van der Waals surface area (Å²) in [5.74, 6) is 0. The molecule has 0 saturated carbocycles. The molecule has 0 fully saturated rings. The molecule has 3 rings (SSSR count). The molecular weight excluding hydrogens is 311 g/mol. The van der Waals surface area contributed by atoms with E-state index in [2.05, 4.69) is 4.90 Å². The zero-order chi connectivity index (χ0) is 17.3. The molecule has 0 bridgehead atoms. The maximum Gasteiger partial charge on any atom is 0.389 e. The van der Waals surface area contributed by atoms with Crippen molar-refractivity contribution in [3.05, 3.63) is 76.9 Å². The highest BCUT2D eigenvalue weighted by atomic mass is 19.4. The molecule has 4 heteroatoms. The summed E-state index contributed by atoms with van der Waals surface area (Å²) >= 11 is 0. The van der Waals surface area contributed by atoms with E-state index in [0.717, 1.165) is 28.0 Å². The smallest absolute Gasteiger partial charge is 0.364 e. The number of benzene rings is 1. The number of alkyl halides is 3. The van der Waals surface area contributed by atoms with Gasteiger partial charge in [-0.2, -0.15) is 13.2 Å². The van der Waals surface area contributed by atoms with Gasteiger partial charge in [0.1, 0.15) is 0 Å². The molecule has 0 N–H and O–H groups in total. The standard InChI is InChI=1S/C20H20F3N/c1-14-7-3-4-8-16(14)19-13-15(11-12-20(21,22)23)17-9-5-6-10-18(17)24(19)2/h3-10,13,18H,11-12H2,1-2H3. The number of fused-ring (bicyclic) bond motifs is 1. The fourth-order valence-corrected chi connectivity index (χ4v) is 3.29. The molecule has 1 heterocycles. The lowest BCUT2D eigenvalue weighted by molar-refractivity contribution is -0.133. The Kier molecular flexibility index (Phi) is 4.39. The second kappa shape index (κ2) is 6.34. The van der Waals surface area contributed by atoms with Crippen molar-refractivity contribution in [1.29, 1.82) is 0 Å². The molecule has 0 saturated heterocycles. The van der Waals surface area contributed by atoms with Crippen LogP contribution in [0.25, 0.3) is 5.70 Å². The molecule has 1 aliphatic heterocycles. The van der Waals surface area contributed by atoms with E-state index < -0.39 is 12.6 Å². The summed E-state index contributed by atoms with van der Waals surface area (Å²) in [5.41, 5.74) is 4.88. The molecule has 24 heavy (non-hydrogen) atoms. The lowest BCUT2D eigenvalue weighted by atomic mass is 9.87. The third-order valence-corrected chi connectivity index (χ3v) is 4.58. The first kappa shape index (κ1) is 16.6. The van der Waals surface area contributed by atoms with Gasteiger partial charge in [0.2, 0.25) is 0 Å². The molecule has 0 aromatic heterocycles. The van der Waals surface area contributed by atoms with Crippen LogP contribution < -0.4 is 0 Å². The molecule has 1 atom stereocenters. The van der Waals surface area contributed by atoms with E-state index in [1.807, 2.05) is 68.6 Å². The molecule has 1 aromatic rings. The number of nitrogens with zero attached hydrogens (tertiary/aromatic N) is 1. The highest BCUT2D eigenvalue weighted by molar-refractivity contribution is 5.73. The molecular formula is C20H20F3N. The quantitative estimate of drug-likeness (QED) is 0.715. The molecule has 0 spiro atoms. The van der Waals surface area contributed by atoms with Gasteiger partial charge in [0.05, 0.1) is 6.04 Å². The maximum absolute atomic E-state index is 12.7. The molecule has 1 unspecified atom stereocenters. The molecule has 126 valence electrons. The van der Waals surface area contributed by atoms with Crippen LogP contribution in [0.4, 0.5) is 13.2 Å². The fourth-order valence-electron chi connectivity index (χ4n) is 3.29. The van der Waals surface area contributed by atoms with Gasteiger partial charge in [-0.1, -0.05) is 48.6 Å². The molecule has 1 aromatic carbocycles. The third-order valence-electron chi connectivity index (χ3n) is 4.58. The number of likely N-dealkylation sites (N-methyl/N-ethyl adjacent to an activating group) is 1. The highest BCUT2D eigenvalue weighted by Crippen LogP contribution is 2.37. The van der Waals surface area contributed by atoms with Crippen molar-refractivity contribution >= 4 is 5.70 Å². The van der Waals surface area contributed by atoms with Crippen molar-refractivity contribution in [1.82, 2.24) is 4.90 Å². The summed E-state index contributed by atoms with van der Waals surface area (Å²) < 4.78 is 38.1. The van der Waals surface area contributed by atoms with Gasteiger partial charge in [0.25, 0.3) is 0 Å². The third kappa shape index (κ3) is 3.32. The molecule has 2 aliphatic rings. The first-order chi connectivity index (χ1) is 11.4. The Morgan fingerprint density at radius 2 is 1.88 bits per heavy atom. The Hall–Kier alpha value is -2.23. The van der Waals surface area contributed by atoms with Gasteiger partial charge in [-0.15, -0.1) is 0 Å². The number of halogens is 3. The summed E-state index contributed by atoms with van der Waals surface area (Å²) in [5, 5.41) is 0. The SMILES string of the molecule is Cc1ccccc1C1=CC(CCC(F)(F)F)=C2C=CC=CC2N1C. The summed E-state index contributed by atoms with van der Waals surface area (Å²) in [4.78, 5) is 2.13. The first-order valence-corrected chi connectivity index (χ1v) is 8.02. The van der Waals surface area contributed by atoms with Gasteiger partial charge in [-0.25, -0.2) is 0 Å². The van der Waals surface area contributed by atoms with Crippen LogP contribution in [0.5, 0.6) is 0 Å². The predicted molar refractivity (Wildman–Crippen MR) is 91.3 cm³/mol. The number of hydrogen-bond donors (Lipinski definition) is 0. The number of hydrogen-bond acceptors (Lipinski definition) is 1. The van der Waals surface area contributed by atoms with Crippen molar-refractivity contribution in [2.75, 3.05) is 7.05 Å². The normalized spacial score (nSPS) is 20.3. The monoisotopic (exact) mass is 331 g/mol. The Labute approximate surface area is 140 Å². The summed E-state index contributed by atoms with van der Waals surface area (Å²) in [6.07, 6.45) is 4.80. The van der Waals surface area contributed by atoms with Crippen LogP contribution in [0.2, 0.25) is 0 Å². The van der Waals surface area contributed by atoms with Crippen LogP contribution >= 0.6 is 0 Å². The molecule has 0 radical (unpaired) electrons. The van der Waals surface area contributed by atoms with Gasteiger partial charge in [-0.05, 0) is 36.1 Å². The summed E-state index contributed by atoms with van der Waals surface area (Å²) in [6.45, 7) is 2.02. The first-order valence-electron chi connectivity index (χ1n) is 8.02. The van der Waals surface area contributed by atoms with Crippen LogP contribution in [0, 0.1) is 6.92 Å². The molecule has 1 nitrogen and oxygen atoms in total. The minimum atomic E-state index is -4.14. The van der Waals surface area contributed by atoms with Crippen molar-refractivity contribution in [3.8, 4) is 0 Å².